The SMILES string of the molecule is CCC[C@H](C(=O)O)N(CCC)CCC. The van der Waals surface area contributed by atoms with Gasteiger partial charge < -0.3 is 5.11 Å². The first-order chi connectivity index (χ1) is 6.67. The first-order valence-corrected chi connectivity index (χ1v) is 5.64. The van der Waals surface area contributed by atoms with Crippen LogP contribution in [0, 0.1) is 0 Å². The lowest BCUT2D eigenvalue weighted by atomic mass is 10.1. The molecule has 1 atom stereocenters. The normalized spacial score (nSPS) is 13.1. The van der Waals surface area contributed by atoms with Crippen LogP contribution in [0.2, 0.25) is 0 Å². The van der Waals surface area contributed by atoms with Crippen LogP contribution in [0.1, 0.15) is 46.5 Å². The summed E-state index contributed by atoms with van der Waals surface area (Å²) in [7, 11) is 0. The van der Waals surface area contributed by atoms with E-state index in [2.05, 4.69) is 18.7 Å². The van der Waals surface area contributed by atoms with Gasteiger partial charge in [-0.1, -0.05) is 27.2 Å². The molecule has 0 aliphatic heterocycles. The third-order valence-electron chi connectivity index (χ3n) is 2.31. The molecule has 0 bridgehead atoms. The zero-order chi connectivity index (χ0) is 11.0. The summed E-state index contributed by atoms with van der Waals surface area (Å²) in [5.41, 5.74) is 0. The van der Waals surface area contributed by atoms with Gasteiger partial charge in [-0.25, -0.2) is 0 Å². The van der Waals surface area contributed by atoms with E-state index in [4.69, 9.17) is 5.11 Å². The quantitative estimate of drug-likeness (QED) is 0.655. The topological polar surface area (TPSA) is 40.5 Å². The molecule has 14 heavy (non-hydrogen) atoms. The molecule has 0 aliphatic rings. The fourth-order valence-electron chi connectivity index (χ4n) is 1.73. The number of carboxylic acid groups (broad SMARTS) is 1. The van der Waals surface area contributed by atoms with E-state index >= 15 is 0 Å². The minimum atomic E-state index is -0.672. The second-order valence-electron chi connectivity index (χ2n) is 3.68. The summed E-state index contributed by atoms with van der Waals surface area (Å²) < 4.78 is 0. The van der Waals surface area contributed by atoms with Crippen LogP contribution in [-0.2, 0) is 4.79 Å². The molecule has 1 N–H and O–H groups in total. The van der Waals surface area contributed by atoms with Gasteiger partial charge >= 0.3 is 5.97 Å². The van der Waals surface area contributed by atoms with E-state index in [0.717, 1.165) is 38.8 Å². The number of nitrogens with zero attached hydrogens (tertiary/aromatic N) is 1. The van der Waals surface area contributed by atoms with Crippen molar-refractivity contribution in [2.75, 3.05) is 13.1 Å². The molecule has 0 saturated heterocycles. The molecule has 84 valence electrons. The average molecular weight is 201 g/mol. The van der Waals surface area contributed by atoms with Gasteiger partial charge in [0.1, 0.15) is 6.04 Å². The van der Waals surface area contributed by atoms with Crippen LogP contribution >= 0.6 is 0 Å². The molecular formula is C11H23NO2. The van der Waals surface area contributed by atoms with E-state index in [1.807, 2.05) is 6.92 Å². The van der Waals surface area contributed by atoms with Crippen molar-refractivity contribution < 1.29 is 9.90 Å². The monoisotopic (exact) mass is 201 g/mol. The maximum atomic E-state index is 11.0. The highest BCUT2D eigenvalue weighted by atomic mass is 16.4. The number of carbonyl (C=O) groups is 1. The lowest BCUT2D eigenvalue weighted by molar-refractivity contribution is -0.143. The molecule has 0 radical (unpaired) electrons. The van der Waals surface area contributed by atoms with Gasteiger partial charge in [0.25, 0.3) is 0 Å². The number of aliphatic carboxylic acids is 1. The Kier molecular flexibility index (Phi) is 7.48. The fraction of sp³-hybridized carbons (Fsp3) is 0.909. The van der Waals surface area contributed by atoms with Crippen LogP contribution < -0.4 is 0 Å². The zero-order valence-electron chi connectivity index (χ0n) is 9.62. The van der Waals surface area contributed by atoms with Gasteiger partial charge in [0.05, 0.1) is 0 Å². The molecule has 0 heterocycles. The van der Waals surface area contributed by atoms with Crippen LogP contribution in [0.5, 0.6) is 0 Å². The number of hydrogen-bond acceptors (Lipinski definition) is 2. The Morgan fingerprint density at radius 1 is 1.14 bits per heavy atom. The van der Waals surface area contributed by atoms with E-state index in [0.29, 0.717) is 0 Å². The minimum absolute atomic E-state index is 0.278. The first kappa shape index (κ1) is 13.4. The van der Waals surface area contributed by atoms with Crippen molar-refractivity contribution in [3.63, 3.8) is 0 Å². The molecule has 0 aromatic carbocycles. The molecular weight excluding hydrogens is 178 g/mol. The highest BCUT2D eigenvalue weighted by Gasteiger charge is 2.22. The van der Waals surface area contributed by atoms with Crippen molar-refractivity contribution in [3.8, 4) is 0 Å². The molecule has 0 unspecified atom stereocenters. The lowest BCUT2D eigenvalue weighted by Crippen LogP contribution is -2.42. The summed E-state index contributed by atoms with van der Waals surface area (Å²) in [4.78, 5) is 13.1. The van der Waals surface area contributed by atoms with E-state index in [1.54, 1.807) is 0 Å². The standard InChI is InChI=1S/C11H23NO2/c1-4-7-10(11(13)14)12(8-5-2)9-6-3/h10H,4-9H2,1-3H3,(H,13,14)/t10-/m1/s1. The van der Waals surface area contributed by atoms with E-state index in [-0.39, 0.29) is 6.04 Å². The molecule has 0 fully saturated rings. The smallest absolute Gasteiger partial charge is 0.320 e. The molecule has 0 aromatic heterocycles. The highest BCUT2D eigenvalue weighted by molar-refractivity contribution is 5.73. The van der Waals surface area contributed by atoms with E-state index in [9.17, 15) is 4.79 Å². The Labute approximate surface area is 87.1 Å². The Morgan fingerprint density at radius 2 is 1.64 bits per heavy atom. The Bertz CT molecular complexity index is 153. The van der Waals surface area contributed by atoms with Crippen LogP contribution in [0.3, 0.4) is 0 Å². The summed E-state index contributed by atoms with van der Waals surface area (Å²) in [6.45, 7) is 8.00. The van der Waals surface area contributed by atoms with Crippen LogP contribution in [0.25, 0.3) is 0 Å². The molecule has 0 aromatic rings. The molecule has 0 amide bonds. The zero-order valence-corrected chi connectivity index (χ0v) is 9.62. The number of carboxylic acids is 1. The summed E-state index contributed by atoms with van der Waals surface area (Å²) in [6, 6.07) is -0.278. The molecule has 3 heteroatoms. The first-order valence-electron chi connectivity index (χ1n) is 5.64. The van der Waals surface area contributed by atoms with Gasteiger partial charge in [-0.3, -0.25) is 9.69 Å². The third kappa shape index (κ3) is 4.61. The van der Waals surface area contributed by atoms with Crippen molar-refractivity contribution >= 4 is 5.97 Å². The average Bonchev–Trinajstić information content (AvgIpc) is 2.13. The van der Waals surface area contributed by atoms with Gasteiger partial charge in [-0.05, 0) is 32.4 Å². The number of hydrogen-bond donors (Lipinski definition) is 1. The summed E-state index contributed by atoms with van der Waals surface area (Å²) in [5.74, 6) is -0.672. The largest absolute Gasteiger partial charge is 0.480 e. The predicted octanol–water partition coefficient (Wildman–Crippen LogP) is 2.36. The number of rotatable bonds is 8. The summed E-state index contributed by atoms with van der Waals surface area (Å²) in [5, 5.41) is 9.09. The van der Waals surface area contributed by atoms with E-state index in [1.165, 1.54) is 0 Å². The van der Waals surface area contributed by atoms with Gasteiger partial charge in [-0.15, -0.1) is 0 Å². The molecule has 0 saturated carbocycles. The predicted molar refractivity (Wildman–Crippen MR) is 58.5 cm³/mol. The molecule has 0 aliphatic carbocycles. The maximum Gasteiger partial charge on any atom is 0.320 e. The van der Waals surface area contributed by atoms with Gasteiger partial charge in [0.15, 0.2) is 0 Å². The van der Waals surface area contributed by atoms with Crippen molar-refractivity contribution in [1.29, 1.82) is 0 Å². The fourth-order valence-corrected chi connectivity index (χ4v) is 1.73. The Morgan fingerprint density at radius 3 is 1.93 bits per heavy atom. The summed E-state index contributed by atoms with van der Waals surface area (Å²) in [6.07, 6.45) is 3.73. The summed E-state index contributed by atoms with van der Waals surface area (Å²) >= 11 is 0. The van der Waals surface area contributed by atoms with Gasteiger partial charge in [-0.2, -0.15) is 0 Å². The second kappa shape index (κ2) is 7.80. The van der Waals surface area contributed by atoms with E-state index < -0.39 is 5.97 Å². The third-order valence-corrected chi connectivity index (χ3v) is 2.31. The second-order valence-corrected chi connectivity index (χ2v) is 3.68. The van der Waals surface area contributed by atoms with Gasteiger partial charge in [0.2, 0.25) is 0 Å². The lowest BCUT2D eigenvalue weighted by Gasteiger charge is -2.27. The highest BCUT2D eigenvalue weighted by Crippen LogP contribution is 2.09. The molecule has 0 spiro atoms. The van der Waals surface area contributed by atoms with Crippen molar-refractivity contribution in [2.24, 2.45) is 0 Å². The maximum absolute atomic E-state index is 11.0. The van der Waals surface area contributed by atoms with Crippen molar-refractivity contribution in [1.82, 2.24) is 4.90 Å². The molecule has 3 nitrogen and oxygen atoms in total. The van der Waals surface area contributed by atoms with Crippen molar-refractivity contribution in [2.45, 2.75) is 52.5 Å². The van der Waals surface area contributed by atoms with Crippen LogP contribution in [0.4, 0.5) is 0 Å². The van der Waals surface area contributed by atoms with Gasteiger partial charge in [0, 0.05) is 0 Å². The Hall–Kier alpha value is -0.570. The Balaban J connectivity index is 4.29. The van der Waals surface area contributed by atoms with Crippen LogP contribution in [0.15, 0.2) is 0 Å². The van der Waals surface area contributed by atoms with Crippen LogP contribution in [-0.4, -0.2) is 35.1 Å². The molecule has 0 rings (SSSR count). The minimum Gasteiger partial charge on any atom is -0.480 e. The van der Waals surface area contributed by atoms with Crippen molar-refractivity contribution in [3.05, 3.63) is 0 Å².